The van der Waals surface area contributed by atoms with E-state index < -0.39 is 0 Å². The Labute approximate surface area is 80.2 Å². The highest BCUT2D eigenvalue weighted by atomic mass is 16.7. The van der Waals surface area contributed by atoms with E-state index in [1.807, 2.05) is 13.8 Å². The van der Waals surface area contributed by atoms with E-state index in [-0.39, 0.29) is 18.3 Å². The number of rotatable bonds is 7. The molecule has 0 aliphatic heterocycles. The minimum Gasteiger partial charge on any atom is -0.396 e. The van der Waals surface area contributed by atoms with Crippen LogP contribution in [0.5, 0.6) is 0 Å². The molecule has 0 aromatic heterocycles. The molecular formula is C9H21NO3. The fourth-order valence-electron chi connectivity index (χ4n) is 0.847. The van der Waals surface area contributed by atoms with E-state index in [2.05, 4.69) is 5.32 Å². The van der Waals surface area contributed by atoms with E-state index in [1.165, 1.54) is 0 Å². The van der Waals surface area contributed by atoms with Crippen molar-refractivity contribution in [1.29, 1.82) is 0 Å². The molecule has 0 unspecified atom stereocenters. The second-order valence-electron chi connectivity index (χ2n) is 3.85. The summed E-state index contributed by atoms with van der Waals surface area (Å²) in [6, 6.07) is 0. The highest BCUT2D eigenvalue weighted by molar-refractivity contribution is 4.70. The van der Waals surface area contributed by atoms with Crippen molar-refractivity contribution in [2.24, 2.45) is 5.41 Å². The van der Waals surface area contributed by atoms with E-state index in [0.29, 0.717) is 6.54 Å². The van der Waals surface area contributed by atoms with E-state index in [0.717, 1.165) is 6.54 Å². The SMILES string of the molecule is COC(CNCC(C)(C)CO)OC. The number of hydrogen-bond acceptors (Lipinski definition) is 4. The number of ether oxygens (including phenoxy) is 2. The van der Waals surface area contributed by atoms with Crippen molar-refractivity contribution >= 4 is 0 Å². The lowest BCUT2D eigenvalue weighted by atomic mass is 9.95. The van der Waals surface area contributed by atoms with Crippen molar-refractivity contribution < 1.29 is 14.6 Å². The van der Waals surface area contributed by atoms with E-state index >= 15 is 0 Å². The molecule has 0 aliphatic rings. The Morgan fingerprint density at radius 1 is 1.31 bits per heavy atom. The number of nitrogens with one attached hydrogen (secondary N) is 1. The third kappa shape index (κ3) is 5.99. The zero-order chi connectivity index (χ0) is 10.3. The van der Waals surface area contributed by atoms with Gasteiger partial charge in [0.25, 0.3) is 0 Å². The van der Waals surface area contributed by atoms with Crippen LogP contribution < -0.4 is 5.32 Å². The summed E-state index contributed by atoms with van der Waals surface area (Å²) in [5, 5.41) is 12.1. The molecule has 0 saturated carbocycles. The summed E-state index contributed by atoms with van der Waals surface area (Å²) in [6.45, 7) is 5.54. The first-order valence-electron chi connectivity index (χ1n) is 4.43. The van der Waals surface area contributed by atoms with Gasteiger partial charge in [-0.3, -0.25) is 0 Å². The Kier molecular flexibility index (Phi) is 6.24. The van der Waals surface area contributed by atoms with Crippen molar-refractivity contribution in [3.63, 3.8) is 0 Å². The molecule has 0 amide bonds. The van der Waals surface area contributed by atoms with Crippen LogP contribution in [0, 0.1) is 5.41 Å². The van der Waals surface area contributed by atoms with Gasteiger partial charge in [-0.05, 0) is 0 Å². The zero-order valence-corrected chi connectivity index (χ0v) is 8.96. The maximum Gasteiger partial charge on any atom is 0.169 e. The van der Waals surface area contributed by atoms with Crippen LogP contribution in [0.25, 0.3) is 0 Å². The molecule has 0 rings (SSSR count). The van der Waals surface area contributed by atoms with Gasteiger partial charge in [0, 0.05) is 39.3 Å². The molecule has 4 heteroatoms. The molecule has 2 N–H and O–H groups in total. The van der Waals surface area contributed by atoms with Crippen molar-refractivity contribution in [2.45, 2.75) is 20.1 Å². The third-order valence-electron chi connectivity index (χ3n) is 1.87. The Morgan fingerprint density at radius 3 is 2.23 bits per heavy atom. The average Bonchev–Trinajstić information content (AvgIpc) is 2.12. The van der Waals surface area contributed by atoms with Gasteiger partial charge in [-0.25, -0.2) is 0 Å². The summed E-state index contributed by atoms with van der Waals surface area (Å²) in [6.07, 6.45) is -0.213. The Morgan fingerprint density at radius 2 is 1.85 bits per heavy atom. The minimum absolute atomic E-state index is 0.0912. The predicted octanol–water partition coefficient (Wildman–Crippen LogP) is 0.213. The van der Waals surface area contributed by atoms with Crippen molar-refractivity contribution in [2.75, 3.05) is 33.9 Å². The first-order chi connectivity index (χ1) is 6.05. The Balaban J connectivity index is 3.54. The molecule has 0 radical (unpaired) electrons. The van der Waals surface area contributed by atoms with Gasteiger partial charge in [-0.1, -0.05) is 13.8 Å². The maximum atomic E-state index is 8.97. The Bertz CT molecular complexity index is 124. The first kappa shape index (κ1) is 12.8. The minimum atomic E-state index is -0.213. The van der Waals surface area contributed by atoms with Crippen LogP contribution in [0.2, 0.25) is 0 Å². The van der Waals surface area contributed by atoms with Crippen LogP contribution in [-0.2, 0) is 9.47 Å². The van der Waals surface area contributed by atoms with Crippen LogP contribution in [0.15, 0.2) is 0 Å². The lowest BCUT2D eigenvalue weighted by molar-refractivity contribution is -0.0996. The molecular weight excluding hydrogens is 170 g/mol. The van der Waals surface area contributed by atoms with Crippen LogP contribution >= 0.6 is 0 Å². The highest BCUT2D eigenvalue weighted by Crippen LogP contribution is 2.10. The standard InChI is InChI=1S/C9H21NO3/c1-9(2,7-11)6-10-5-8(12-3)13-4/h8,10-11H,5-7H2,1-4H3. The second kappa shape index (κ2) is 6.32. The van der Waals surface area contributed by atoms with Crippen molar-refractivity contribution in [3.05, 3.63) is 0 Å². The summed E-state index contributed by atoms with van der Waals surface area (Å²) in [7, 11) is 3.21. The fourth-order valence-corrected chi connectivity index (χ4v) is 0.847. The molecule has 0 spiro atoms. The van der Waals surface area contributed by atoms with Gasteiger partial charge in [0.05, 0.1) is 0 Å². The summed E-state index contributed by atoms with van der Waals surface area (Å²) >= 11 is 0. The summed E-state index contributed by atoms with van der Waals surface area (Å²) in [5.41, 5.74) is -0.0912. The van der Waals surface area contributed by atoms with Crippen LogP contribution in [0.3, 0.4) is 0 Å². The third-order valence-corrected chi connectivity index (χ3v) is 1.87. The van der Waals surface area contributed by atoms with Gasteiger partial charge in [0.15, 0.2) is 6.29 Å². The van der Waals surface area contributed by atoms with Crippen molar-refractivity contribution in [1.82, 2.24) is 5.32 Å². The van der Waals surface area contributed by atoms with Gasteiger partial charge < -0.3 is 19.9 Å². The summed E-state index contributed by atoms with van der Waals surface area (Å²) in [5.74, 6) is 0. The predicted molar refractivity (Wildman–Crippen MR) is 51.5 cm³/mol. The molecule has 4 nitrogen and oxygen atoms in total. The number of aliphatic hydroxyl groups is 1. The lowest BCUT2D eigenvalue weighted by Gasteiger charge is -2.23. The van der Waals surface area contributed by atoms with E-state index in [9.17, 15) is 0 Å². The Hall–Kier alpha value is -0.160. The van der Waals surface area contributed by atoms with Gasteiger partial charge in [0.1, 0.15) is 0 Å². The maximum absolute atomic E-state index is 8.97. The highest BCUT2D eigenvalue weighted by Gasteiger charge is 2.16. The monoisotopic (exact) mass is 191 g/mol. The van der Waals surface area contributed by atoms with E-state index in [1.54, 1.807) is 14.2 Å². The van der Waals surface area contributed by atoms with Gasteiger partial charge in [-0.2, -0.15) is 0 Å². The average molecular weight is 191 g/mol. The van der Waals surface area contributed by atoms with Gasteiger partial charge in [-0.15, -0.1) is 0 Å². The number of aliphatic hydroxyl groups excluding tert-OH is 1. The summed E-state index contributed by atoms with van der Waals surface area (Å²) < 4.78 is 10.0. The van der Waals surface area contributed by atoms with Crippen LogP contribution in [0.4, 0.5) is 0 Å². The van der Waals surface area contributed by atoms with Crippen LogP contribution in [-0.4, -0.2) is 45.3 Å². The van der Waals surface area contributed by atoms with Gasteiger partial charge >= 0.3 is 0 Å². The molecule has 80 valence electrons. The molecule has 0 fully saturated rings. The molecule has 0 aromatic carbocycles. The molecule has 0 aliphatic carbocycles. The molecule has 0 saturated heterocycles. The fraction of sp³-hybridized carbons (Fsp3) is 1.00. The second-order valence-corrected chi connectivity index (χ2v) is 3.85. The molecule has 0 atom stereocenters. The molecule has 0 aromatic rings. The smallest absolute Gasteiger partial charge is 0.169 e. The van der Waals surface area contributed by atoms with Gasteiger partial charge in [0.2, 0.25) is 0 Å². The van der Waals surface area contributed by atoms with E-state index in [4.69, 9.17) is 14.6 Å². The number of methoxy groups -OCH3 is 2. The first-order valence-corrected chi connectivity index (χ1v) is 4.43. The molecule has 13 heavy (non-hydrogen) atoms. The topological polar surface area (TPSA) is 50.7 Å². The molecule has 0 heterocycles. The van der Waals surface area contributed by atoms with Crippen molar-refractivity contribution in [3.8, 4) is 0 Å². The number of hydrogen-bond donors (Lipinski definition) is 2. The lowest BCUT2D eigenvalue weighted by Crippen LogP contribution is -2.37. The van der Waals surface area contributed by atoms with Crippen LogP contribution in [0.1, 0.15) is 13.8 Å². The molecule has 0 bridgehead atoms. The largest absolute Gasteiger partial charge is 0.396 e. The quantitative estimate of drug-likeness (QED) is 0.565. The zero-order valence-electron chi connectivity index (χ0n) is 8.96. The summed E-state index contributed by atoms with van der Waals surface area (Å²) in [4.78, 5) is 0. The normalized spacial score (nSPS) is 12.5.